The highest BCUT2D eigenvalue weighted by Crippen LogP contribution is 2.50. The number of halogens is 2. The van der Waals surface area contributed by atoms with E-state index in [1.165, 1.54) is 18.4 Å². The van der Waals surface area contributed by atoms with Gasteiger partial charge in [-0.1, -0.05) is 23.7 Å². The van der Waals surface area contributed by atoms with Crippen molar-refractivity contribution in [3.8, 4) is 0 Å². The van der Waals surface area contributed by atoms with Gasteiger partial charge in [0.2, 0.25) is 0 Å². The predicted molar refractivity (Wildman–Crippen MR) is 75.4 cm³/mol. The summed E-state index contributed by atoms with van der Waals surface area (Å²) in [4.78, 5) is 0. The summed E-state index contributed by atoms with van der Waals surface area (Å²) in [5, 5.41) is 0.792. The maximum atomic E-state index is 6.31. The van der Waals surface area contributed by atoms with Crippen molar-refractivity contribution in [1.29, 1.82) is 0 Å². The van der Waals surface area contributed by atoms with Crippen LogP contribution in [-0.2, 0) is 11.2 Å². The van der Waals surface area contributed by atoms with Gasteiger partial charge < -0.3 is 4.74 Å². The third-order valence-electron chi connectivity index (χ3n) is 4.29. The van der Waals surface area contributed by atoms with E-state index >= 15 is 0 Å². The lowest BCUT2D eigenvalue weighted by molar-refractivity contribution is 0.0403. The van der Waals surface area contributed by atoms with Crippen molar-refractivity contribution >= 4 is 23.2 Å². The monoisotopic (exact) mass is 284 g/mol. The van der Waals surface area contributed by atoms with E-state index in [2.05, 4.69) is 12.1 Å². The summed E-state index contributed by atoms with van der Waals surface area (Å²) in [7, 11) is 0. The minimum Gasteiger partial charge on any atom is -0.377 e. The molecular weight excluding hydrogens is 267 g/mol. The van der Waals surface area contributed by atoms with Crippen LogP contribution in [0.25, 0.3) is 0 Å². The first kappa shape index (κ1) is 12.8. The fourth-order valence-corrected chi connectivity index (χ4v) is 3.64. The zero-order valence-electron chi connectivity index (χ0n) is 10.4. The Labute approximate surface area is 118 Å². The van der Waals surface area contributed by atoms with Crippen LogP contribution in [0.1, 0.15) is 24.8 Å². The Morgan fingerprint density at radius 2 is 1.94 bits per heavy atom. The van der Waals surface area contributed by atoms with Gasteiger partial charge in [0.25, 0.3) is 0 Å². The Balaban J connectivity index is 1.80. The summed E-state index contributed by atoms with van der Waals surface area (Å²) in [5.41, 5.74) is 1.45. The Morgan fingerprint density at radius 3 is 2.56 bits per heavy atom. The van der Waals surface area contributed by atoms with Gasteiger partial charge in [-0.3, -0.25) is 0 Å². The summed E-state index contributed by atoms with van der Waals surface area (Å²) in [6, 6.07) is 8.14. The largest absolute Gasteiger partial charge is 0.377 e. The van der Waals surface area contributed by atoms with Crippen molar-refractivity contribution in [3.63, 3.8) is 0 Å². The van der Waals surface area contributed by atoms with E-state index in [0.29, 0.717) is 12.0 Å². The number of hydrogen-bond acceptors (Lipinski definition) is 1. The van der Waals surface area contributed by atoms with Gasteiger partial charge in [-0.2, -0.15) is 0 Å². The van der Waals surface area contributed by atoms with E-state index in [9.17, 15) is 0 Å². The van der Waals surface area contributed by atoms with Gasteiger partial charge >= 0.3 is 0 Å². The third-order valence-corrected chi connectivity index (χ3v) is 5.07. The maximum absolute atomic E-state index is 6.31. The van der Waals surface area contributed by atoms with E-state index < -0.39 is 0 Å². The van der Waals surface area contributed by atoms with Gasteiger partial charge in [0.05, 0.1) is 6.10 Å². The van der Waals surface area contributed by atoms with Crippen LogP contribution >= 0.6 is 23.2 Å². The minimum atomic E-state index is 0.135. The Hall–Kier alpha value is -0.240. The molecule has 18 heavy (non-hydrogen) atoms. The first-order valence-electron chi connectivity index (χ1n) is 6.65. The summed E-state index contributed by atoms with van der Waals surface area (Å²) < 4.78 is 5.97. The summed E-state index contributed by atoms with van der Waals surface area (Å²) in [5.74, 6) is 1.44. The van der Waals surface area contributed by atoms with Crippen molar-refractivity contribution in [2.45, 2.75) is 31.8 Å². The van der Waals surface area contributed by atoms with Crippen LogP contribution in [0.4, 0.5) is 0 Å². The van der Waals surface area contributed by atoms with Crippen molar-refractivity contribution < 1.29 is 4.74 Å². The molecule has 0 radical (unpaired) electrons. The van der Waals surface area contributed by atoms with Crippen LogP contribution in [0.15, 0.2) is 24.3 Å². The molecule has 1 aliphatic carbocycles. The smallest absolute Gasteiger partial charge is 0.0674 e. The lowest BCUT2D eigenvalue weighted by Crippen LogP contribution is -2.36. The SMILES string of the molecule is ClCC1(Cc2ccc(Cl)cc2)CCOC1C1CC1. The highest BCUT2D eigenvalue weighted by Gasteiger charge is 2.50. The molecular formula is C15H18Cl2O. The molecule has 1 heterocycles. The average molecular weight is 285 g/mol. The Bertz CT molecular complexity index is 413. The molecule has 1 saturated heterocycles. The second-order valence-electron chi connectivity index (χ2n) is 5.68. The van der Waals surface area contributed by atoms with Gasteiger partial charge in [0.15, 0.2) is 0 Å². The average Bonchev–Trinajstić information content (AvgIpc) is 3.14. The number of alkyl halides is 1. The first-order chi connectivity index (χ1) is 8.73. The van der Waals surface area contributed by atoms with Crippen LogP contribution in [0.3, 0.4) is 0 Å². The van der Waals surface area contributed by atoms with E-state index in [4.69, 9.17) is 27.9 Å². The van der Waals surface area contributed by atoms with Crippen LogP contribution in [0.5, 0.6) is 0 Å². The fraction of sp³-hybridized carbons (Fsp3) is 0.600. The third kappa shape index (κ3) is 2.41. The van der Waals surface area contributed by atoms with Gasteiger partial charge in [-0.15, -0.1) is 11.6 Å². The molecule has 2 unspecified atom stereocenters. The standard InChI is InChI=1S/C15H18Cl2O/c16-10-15(7-8-18-14(15)12-3-4-12)9-11-1-5-13(17)6-2-11/h1-2,5-6,12,14H,3-4,7-10H2. The molecule has 0 spiro atoms. The van der Waals surface area contributed by atoms with Crippen molar-refractivity contribution in [3.05, 3.63) is 34.9 Å². The topological polar surface area (TPSA) is 9.23 Å². The molecule has 1 aliphatic heterocycles. The molecule has 98 valence electrons. The van der Waals surface area contributed by atoms with E-state index in [0.717, 1.165) is 30.4 Å². The molecule has 2 aliphatic rings. The lowest BCUT2D eigenvalue weighted by atomic mass is 9.76. The lowest BCUT2D eigenvalue weighted by Gasteiger charge is -2.32. The molecule has 0 amide bonds. The van der Waals surface area contributed by atoms with Gasteiger partial charge in [-0.25, -0.2) is 0 Å². The second kappa shape index (κ2) is 5.03. The number of ether oxygens (including phenoxy) is 1. The molecule has 1 saturated carbocycles. The fourth-order valence-electron chi connectivity index (χ4n) is 3.13. The molecule has 2 fully saturated rings. The first-order valence-corrected chi connectivity index (χ1v) is 7.57. The summed E-state index contributed by atoms with van der Waals surface area (Å²) >= 11 is 12.2. The molecule has 3 rings (SSSR count). The zero-order chi connectivity index (χ0) is 12.6. The van der Waals surface area contributed by atoms with Crippen molar-refractivity contribution in [2.24, 2.45) is 11.3 Å². The van der Waals surface area contributed by atoms with Gasteiger partial charge in [0, 0.05) is 22.9 Å². The molecule has 3 heteroatoms. The number of hydrogen-bond donors (Lipinski definition) is 0. The molecule has 1 aromatic carbocycles. The summed E-state index contributed by atoms with van der Waals surface area (Å²) in [6.07, 6.45) is 5.08. The Kier molecular flexibility index (Phi) is 3.57. The molecule has 2 atom stereocenters. The number of rotatable bonds is 4. The van der Waals surface area contributed by atoms with Crippen LogP contribution in [-0.4, -0.2) is 18.6 Å². The molecule has 1 aromatic rings. The molecule has 0 N–H and O–H groups in total. The van der Waals surface area contributed by atoms with Gasteiger partial charge in [-0.05, 0) is 49.3 Å². The van der Waals surface area contributed by atoms with Crippen LogP contribution < -0.4 is 0 Å². The quantitative estimate of drug-likeness (QED) is 0.749. The number of benzene rings is 1. The van der Waals surface area contributed by atoms with Crippen molar-refractivity contribution in [1.82, 2.24) is 0 Å². The maximum Gasteiger partial charge on any atom is 0.0674 e. The van der Waals surface area contributed by atoms with Crippen molar-refractivity contribution in [2.75, 3.05) is 12.5 Å². The van der Waals surface area contributed by atoms with Gasteiger partial charge in [0.1, 0.15) is 0 Å². The molecule has 1 nitrogen and oxygen atoms in total. The second-order valence-corrected chi connectivity index (χ2v) is 6.38. The molecule has 0 aromatic heterocycles. The summed E-state index contributed by atoms with van der Waals surface area (Å²) in [6.45, 7) is 0.863. The normalized spacial score (nSPS) is 31.8. The highest BCUT2D eigenvalue weighted by molar-refractivity contribution is 6.30. The van der Waals surface area contributed by atoms with Crippen LogP contribution in [0.2, 0.25) is 5.02 Å². The zero-order valence-corrected chi connectivity index (χ0v) is 11.9. The van der Waals surface area contributed by atoms with Crippen LogP contribution in [0, 0.1) is 11.3 Å². The van der Waals surface area contributed by atoms with E-state index in [-0.39, 0.29) is 5.41 Å². The predicted octanol–water partition coefficient (Wildman–Crippen LogP) is 4.31. The van der Waals surface area contributed by atoms with E-state index in [1.807, 2.05) is 12.1 Å². The van der Waals surface area contributed by atoms with E-state index in [1.54, 1.807) is 0 Å². The minimum absolute atomic E-state index is 0.135. The Morgan fingerprint density at radius 1 is 1.22 bits per heavy atom. The highest BCUT2D eigenvalue weighted by atomic mass is 35.5. The molecule has 0 bridgehead atoms.